The Labute approximate surface area is 155 Å². The quantitative estimate of drug-likeness (QED) is 0.733. The first kappa shape index (κ1) is 19.1. The van der Waals surface area contributed by atoms with E-state index in [2.05, 4.69) is 40.5 Å². The van der Waals surface area contributed by atoms with Crippen molar-refractivity contribution in [1.82, 2.24) is 10.2 Å². The summed E-state index contributed by atoms with van der Waals surface area (Å²) in [5.41, 5.74) is 2.50. The number of likely N-dealkylation sites (N-methyl/N-ethyl adjacent to an activating group) is 1. The van der Waals surface area contributed by atoms with Gasteiger partial charge in [-0.2, -0.15) is 0 Å². The van der Waals surface area contributed by atoms with E-state index >= 15 is 0 Å². The summed E-state index contributed by atoms with van der Waals surface area (Å²) in [6.45, 7) is 1.68. The maximum atomic E-state index is 5.47. The molecule has 2 aromatic carbocycles. The van der Waals surface area contributed by atoms with E-state index in [9.17, 15) is 0 Å². The molecule has 1 N–H and O–H groups in total. The molecule has 0 radical (unpaired) electrons. The van der Waals surface area contributed by atoms with Crippen LogP contribution in [-0.2, 0) is 12.8 Å². The number of hydrogen-bond donors (Lipinski definition) is 1. The Morgan fingerprint density at radius 3 is 2.36 bits per heavy atom. The summed E-state index contributed by atoms with van der Waals surface area (Å²) in [4.78, 5) is 2.07. The maximum absolute atomic E-state index is 5.47. The highest BCUT2D eigenvalue weighted by atomic mass is 32.1. The molecule has 0 bridgehead atoms. The van der Waals surface area contributed by atoms with Crippen LogP contribution >= 0.6 is 12.2 Å². The van der Waals surface area contributed by atoms with Crippen LogP contribution in [0.2, 0.25) is 0 Å². The third-order valence-electron chi connectivity index (χ3n) is 4.06. The lowest BCUT2D eigenvalue weighted by atomic mass is 10.1. The summed E-state index contributed by atoms with van der Waals surface area (Å²) >= 11 is 5.47. The average Bonchev–Trinajstić information content (AvgIpc) is 2.66. The molecule has 25 heavy (non-hydrogen) atoms. The molecule has 0 aliphatic heterocycles. The van der Waals surface area contributed by atoms with Gasteiger partial charge >= 0.3 is 0 Å². The first-order chi connectivity index (χ1) is 12.1. The fourth-order valence-electron chi connectivity index (χ4n) is 2.53. The lowest BCUT2D eigenvalue weighted by Crippen LogP contribution is -2.39. The summed E-state index contributed by atoms with van der Waals surface area (Å²) < 4.78 is 10.6. The monoisotopic (exact) mass is 358 g/mol. The van der Waals surface area contributed by atoms with Crippen LogP contribution in [0.15, 0.2) is 48.5 Å². The van der Waals surface area contributed by atoms with Crippen LogP contribution in [0.4, 0.5) is 0 Å². The molecular weight excluding hydrogens is 332 g/mol. The van der Waals surface area contributed by atoms with Crippen molar-refractivity contribution in [2.45, 2.75) is 12.8 Å². The van der Waals surface area contributed by atoms with E-state index in [0.29, 0.717) is 0 Å². The predicted molar refractivity (Wildman–Crippen MR) is 107 cm³/mol. The molecule has 2 aromatic rings. The molecule has 0 heterocycles. The van der Waals surface area contributed by atoms with Gasteiger partial charge < -0.3 is 19.7 Å². The van der Waals surface area contributed by atoms with Crippen LogP contribution < -0.4 is 14.8 Å². The molecule has 0 unspecified atom stereocenters. The second kappa shape index (κ2) is 9.89. The molecule has 0 fully saturated rings. The van der Waals surface area contributed by atoms with E-state index in [0.717, 1.165) is 42.5 Å². The summed E-state index contributed by atoms with van der Waals surface area (Å²) in [5, 5.41) is 4.10. The number of rotatable bonds is 8. The number of thiocarbonyl (C=S) groups is 1. The normalized spacial score (nSPS) is 10.2. The van der Waals surface area contributed by atoms with Crippen molar-refractivity contribution in [3.05, 3.63) is 59.7 Å². The van der Waals surface area contributed by atoms with E-state index in [-0.39, 0.29) is 0 Å². The lowest BCUT2D eigenvalue weighted by Gasteiger charge is -2.21. The van der Waals surface area contributed by atoms with Crippen molar-refractivity contribution in [3.8, 4) is 11.5 Å². The Bertz CT molecular complexity index is 677. The number of nitrogens with zero attached hydrogens (tertiary/aromatic N) is 1. The standard InChI is InChI=1S/C20H26N2O2S/c1-22(20(25)21-13-11-16-7-5-4-6-8-16)14-12-17-9-10-18(23-2)19(15-17)24-3/h4-10,15H,11-14H2,1-3H3,(H,21,25). The maximum Gasteiger partial charge on any atom is 0.168 e. The minimum Gasteiger partial charge on any atom is -0.493 e. The molecule has 0 aliphatic rings. The average molecular weight is 359 g/mol. The van der Waals surface area contributed by atoms with Gasteiger partial charge in [0.1, 0.15) is 0 Å². The molecule has 0 spiro atoms. The molecule has 0 atom stereocenters. The van der Waals surface area contributed by atoms with Crippen molar-refractivity contribution in [3.63, 3.8) is 0 Å². The van der Waals surface area contributed by atoms with Gasteiger partial charge in [0, 0.05) is 20.1 Å². The molecule has 0 saturated heterocycles. The van der Waals surface area contributed by atoms with E-state index in [1.54, 1.807) is 14.2 Å². The summed E-state index contributed by atoms with van der Waals surface area (Å²) in [6, 6.07) is 16.4. The van der Waals surface area contributed by atoms with Crippen molar-refractivity contribution in [2.24, 2.45) is 0 Å². The molecule has 0 amide bonds. The Morgan fingerprint density at radius 2 is 1.68 bits per heavy atom. The van der Waals surface area contributed by atoms with Crippen molar-refractivity contribution < 1.29 is 9.47 Å². The Kier molecular flexibility index (Phi) is 7.54. The largest absolute Gasteiger partial charge is 0.493 e. The van der Waals surface area contributed by atoms with Gasteiger partial charge in [0.05, 0.1) is 14.2 Å². The molecular formula is C20H26N2O2S. The minimum absolute atomic E-state index is 0.748. The SMILES string of the molecule is COc1ccc(CCN(C)C(=S)NCCc2ccccc2)cc1OC. The van der Waals surface area contributed by atoms with E-state index in [4.69, 9.17) is 21.7 Å². The van der Waals surface area contributed by atoms with Crippen LogP contribution in [0.5, 0.6) is 11.5 Å². The van der Waals surface area contributed by atoms with E-state index in [1.807, 2.05) is 25.2 Å². The molecule has 0 aliphatic carbocycles. The molecule has 5 heteroatoms. The Hall–Kier alpha value is -2.27. The fourth-order valence-corrected chi connectivity index (χ4v) is 2.72. The van der Waals surface area contributed by atoms with Crippen LogP contribution in [0, 0.1) is 0 Å². The van der Waals surface area contributed by atoms with Gasteiger partial charge in [0.2, 0.25) is 0 Å². The molecule has 2 rings (SSSR count). The van der Waals surface area contributed by atoms with Gasteiger partial charge in [0.15, 0.2) is 16.6 Å². The van der Waals surface area contributed by atoms with E-state index < -0.39 is 0 Å². The minimum atomic E-state index is 0.748. The number of hydrogen-bond acceptors (Lipinski definition) is 3. The van der Waals surface area contributed by atoms with Gasteiger partial charge in [-0.3, -0.25) is 0 Å². The van der Waals surface area contributed by atoms with Gasteiger partial charge in [-0.25, -0.2) is 0 Å². The second-order valence-electron chi connectivity index (χ2n) is 5.83. The second-order valence-corrected chi connectivity index (χ2v) is 6.22. The van der Waals surface area contributed by atoms with Gasteiger partial charge in [-0.15, -0.1) is 0 Å². The lowest BCUT2D eigenvalue weighted by molar-refractivity contribution is 0.354. The van der Waals surface area contributed by atoms with Crippen molar-refractivity contribution in [1.29, 1.82) is 0 Å². The topological polar surface area (TPSA) is 33.7 Å². The third kappa shape index (κ3) is 5.94. The fraction of sp³-hybridized carbons (Fsp3) is 0.350. The molecule has 4 nitrogen and oxygen atoms in total. The number of benzene rings is 2. The first-order valence-corrected chi connectivity index (χ1v) is 8.78. The zero-order valence-electron chi connectivity index (χ0n) is 15.1. The molecule has 0 aromatic heterocycles. The molecule has 134 valence electrons. The van der Waals surface area contributed by atoms with Gasteiger partial charge in [0.25, 0.3) is 0 Å². The van der Waals surface area contributed by atoms with Crippen molar-refractivity contribution >= 4 is 17.3 Å². The number of ether oxygens (including phenoxy) is 2. The number of methoxy groups -OCH3 is 2. The summed E-state index contributed by atoms with van der Waals surface area (Å²) in [5.74, 6) is 1.50. The summed E-state index contributed by atoms with van der Waals surface area (Å²) in [6.07, 6.45) is 1.85. The van der Waals surface area contributed by atoms with Crippen molar-refractivity contribution in [2.75, 3.05) is 34.4 Å². The Morgan fingerprint density at radius 1 is 0.960 bits per heavy atom. The Balaban J connectivity index is 1.77. The van der Waals surface area contributed by atoms with Crippen LogP contribution in [0.25, 0.3) is 0 Å². The predicted octanol–water partition coefficient (Wildman–Crippen LogP) is 3.30. The zero-order chi connectivity index (χ0) is 18.1. The third-order valence-corrected chi connectivity index (χ3v) is 4.52. The highest BCUT2D eigenvalue weighted by Gasteiger charge is 2.07. The number of nitrogens with one attached hydrogen (secondary N) is 1. The van der Waals surface area contributed by atoms with Gasteiger partial charge in [-0.05, 0) is 48.3 Å². The smallest absolute Gasteiger partial charge is 0.168 e. The summed E-state index contributed by atoms with van der Waals surface area (Å²) in [7, 11) is 5.31. The highest BCUT2D eigenvalue weighted by Crippen LogP contribution is 2.27. The van der Waals surface area contributed by atoms with E-state index in [1.165, 1.54) is 11.1 Å². The molecule has 0 saturated carbocycles. The van der Waals surface area contributed by atoms with Gasteiger partial charge in [-0.1, -0.05) is 36.4 Å². The van der Waals surface area contributed by atoms with Crippen LogP contribution in [0.3, 0.4) is 0 Å². The van der Waals surface area contributed by atoms with Crippen LogP contribution in [-0.4, -0.2) is 44.4 Å². The van der Waals surface area contributed by atoms with Crippen LogP contribution in [0.1, 0.15) is 11.1 Å². The zero-order valence-corrected chi connectivity index (χ0v) is 15.9. The first-order valence-electron chi connectivity index (χ1n) is 8.38. The highest BCUT2D eigenvalue weighted by molar-refractivity contribution is 7.80.